The highest BCUT2D eigenvalue weighted by molar-refractivity contribution is 5.99. The van der Waals surface area contributed by atoms with Crippen molar-refractivity contribution in [1.82, 2.24) is 9.88 Å². The highest BCUT2D eigenvalue weighted by Crippen LogP contribution is 2.44. The molecule has 1 unspecified atom stereocenters. The first kappa shape index (κ1) is 24.5. The molecule has 1 N–H and O–H groups in total. The number of H-pyrrole nitrogens is 1. The maximum atomic E-state index is 13.5. The van der Waals surface area contributed by atoms with Gasteiger partial charge >= 0.3 is 5.97 Å². The molecule has 0 fully saturated rings. The smallest absolute Gasteiger partial charge is 0.306 e. The van der Waals surface area contributed by atoms with Crippen LogP contribution in [-0.4, -0.2) is 71.1 Å². The van der Waals surface area contributed by atoms with Gasteiger partial charge in [0.05, 0.1) is 26.6 Å². The fourth-order valence-electron chi connectivity index (χ4n) is 5.90. The molecule has 0 spiro atoms. The minimum absolute atomic E-state index is 0.149. The SMILES string of the molecule is CCN(CC)C(=O)[C@@H]1C=C2c3cccc4[nH]cc(c34)C[C@H]2[N+](C)(CCCC(=O)OC(C)(C)C)C1. The highest BCUT2D eigenvalue weighted by atomic mass is 16.6. The predicted molar refractivity (Wildman–Crippen MR) is 136 cm³/mol. The lowest BCUT2D eigenvalue weighted by Crippen LogP contribution is -2.60. The second-order valence-corrected chi connectivity index (χ2v) is 11.1. The van der Waals surface area contributed by atoms with E-state index in [4.69, 9.17) is 4.74 Å². The summed E-state index contributed by atoms with van der Waals surface area (Å²) in [6.07, 6.45) is 6.48. The molecule has 0 radical (unpaired) electrons. The number of carbonyl (C=O) groups is 2. The molecule has 1 aliphatic heterocycles. The minimum atomic E-state index is -0.468. The molecule has 2 aromatic rings. The average Bonchev–Trinajstić information content (AvgIpc) is 3.18. The number of aromatic nitrogens is 1. The van der Waals surface area contributed by atoms with Crippen LogP contribution in [0, 0.1) is 5.92 Å². The van der Waals surface area contributed by atoms with Crippen LogP contribution in [0.25, 0.3) is 16.5 Å². The van der Waals surface area contributed by atoms with Crippen molar-refractivity contribution in [3.05, 3.63) is 41.6 Å². The summed E-state index contributed by atoms with van der Waals surface area (Å²) in [6.45, 7) is 12.8. The molecule has 1 aromatic carbocycles. The zero-order valence-electron chi connectivity index (χ0n) is 21.6. The van der Waals surface area contributed by atoms with Gasteiger partial charge in [0.1, 0.15) is 17.6 Å². The zero-order valence-corrected chi connectivity index (χ0v) is 21.6. The van der Waals surface area contributed by atoms with Crippen molar-refractivity contribution in [2.24, 2.45) is 5.92 Å². The Kier molecular flexibility index (Phi) is 6.65. The van der Waals surface area contributed by atoms with Gasteiger partial charge in [0.25, 0.3) is 0 Å². The first-order valence-corrected chi connectivity index (χ1v) is 12.7. The van der Waals surface area contributed by atoms with Gasteiger partial charge in [-0.05, 0) is 51.8 Å². The Balaban J connectivity index is 1.66. The molecule has 3 atom stereocenters. The lowest BCUT2D eigenvalue weighted by Gasteiger charge is -2.49. The number of hydrogen-bond donors (Lipinski definition) is 1. The van der Waals surface area contributed by atoms with Gasteiger partial charge in [0.2, 0.25) is 5.91 Å². The van der Waals surface area contributed by atoms with Crippen molar-refractivity contribution in [3.63, 3.8) is 0 Å². The summed E-state index contributed by atoms with van der Waals surface area (Å²) in [6, 6.07) is 6.70. The van der Waals surface area contributed by atoms with E-state index in [1.54, 1.807) is 0 Å². The summed E-state index contributed by atoms with van der Waals surface area (Å²) in [5.41, 5.74) is 4.57. The van der Waals surface area contributed by atoms with Crippen molar-refractivity contribution in [2.75, 3.05) is 33.2 Å². The van der Waals surface area contributed by atoms with E-state index in [0.717, 1.165) is 49.0 Å². The maximum Gasteiger partial charge on any atom is 0.306 e. The Morgan fingerprint density at radius 2 is 1.94 bits per heavy atom. The van der Waals surface area contributed by atoms with Crippen LogP contribution in [0.5, 0.6) is 0 Å². The molecule has 1 aliphatic carbocycles. The van der Waals surface area contributed by atoms with Crippen LogP contribution in [0.4, 0.5) is 0 Å². The predicted octanol–water partition coefficient (Wildman–Crippen LogP) is 4.54. The second-order valence-electron chi connectivity index (χ2n) is 11.1. The average molecular weight is 467 g/mol. The summed E-state index contributed by atoms with van der Waals surface area (Å²) < 4.78 is 6.30. The fourth-order valence-corrected chi connectivity index (χ4v) is 5.90. The number of quaternary nitrogens is 1. The largest absolute Gasteiger partial charge is 0.460 e. The Morgan fingerprint density at radius 3 is 2.62 bits per heavy atom. The number of carbonyl (C=O) groups excluding carboxylic acids is 2. The van der Waals surface area contributed by atoms with Gasteiger partial charge in [0.15, 0.2) is 0 Å². The first-order chi connectivity index (χ1) is 16.1. The van der Waals surface area contributed by atoms with Crippen LogP contribution in [0.15, 0.2) is 30.5 Å². The number of rotatable bonds is 7. The molecule has 4 rings (SSSR count). The number of aromatic amines is 1. The number of likely N-dealkylation sites (N-methyl/N-ethyl adjacent to an activating group) is 1. The molecular weight excluding hydrogens is 426 g/mol. The molecule has 2 heterocycles. The molecular formula is C28H40N3O3+. The molecule has 6 heteroatoms. The summed E-state index contributed by atoms with van der Waals surface area (Å²) in [7, 11) is 2.27. The van der Waals surface area contributed by atoms with Crippen LogP contribution in [0.2, 0.25) is 0 Å². The first-order valence-electron chi connectivity index (χ1n) is 12.7. The van der Waals surface area contributed by atoms with Gasteiger partial charge in [-0.3, -0.25) is 9.59 Å². The highest BCUT2D eigenvalue weighted by Gasteiger charge is 2.46. The Labute approximate surface area is 203 Å². The summed E-state index contributed by atoms with van der Waals surface area (Å²) in [5, 5.41) is 1.29. The zero-order chi connectivity index (χ0) is 24.7. The molecule has 184 valence electrons. The van der Waals surface area contributed by atoms with Gasteiger partial charge in [-0.1, -0.05) is 18.2 Å². The van der Waals surface area contributed by atoms with E-state index in [9.17, 15) is 9.59 Å². The van der Waals surface area contributed by atoms with Gasteiger partial charge in [0, 0.05) is 48.6 Å². The second kappa shape index (κ2) is 9.21. The topological polar surface area (TPSA) is 62.4 Å². The number of amides is 1. The molecule has 1 aromatic heterocycles. The van der Waals surface area contributed by atoms with Gasteiger partial charge in [-0.25, -0.2) is 0 Å². The molecule has 1 amide bonds. The Bertz CT molecular complexity index is 1110. The number of hydrogen-bond acceptors (Lipinski definition) is 3. The number of benzene rings is 1. The number of nitrogens with zero attached hydrogens (tertiary/aromatic N) is 2. The van der Waals surface area contributed by atoms with Crippen molar-refractivity contribution in [1.29, 1.82) is 0 Å². The standard InChI is InChI=1S/C28H40N3O3/c1-7-30(8-2)27(33)20-15-22-21-11-9-12-23-26(21)19(17-29-23)16-24(22)31(6,18-20)14-10-13-25(32)34-28(3,4)5/h9,11-12,15,17,20,24,29H,7-8,10,13-14,16,18H2,1-6H3/q+1/t20-,24-,31?/m1/s1. The molecule has 6 nitrogen and oxygen atoms in total. The number of ether oxygens (including phenoxy) is 1. The Morgan fingerprint density at radius 1 is 1.21 bits per heavy atom. The molecule has 0 bridgehead atoms. The van der Waals surface area contributed by atoms with Crippen LogP contribution < -0.4 is 0 Å². The van der Waals surface area contributed by atoms with Gasteiger partial charge < -0.3 is 19.1 Å². The fraction of sp³-hybridized carbons (Fsp3) is 0.571. The van der Waals surface area contributed by atoms with Crippen molar-refractivity contribution in [2.45, 2.75) is 65.5 Å². The molecule has 0 saturated heterocycles. The summed E-state index contributed by atoms with van der Waals surface area (Å²) >= 11 is 0. The van der Waals surface area contributed by atoms with Gasteiger partial charge in [-0.2, -0.15) is 0 Å². The third-order valence-electron chi connectivity index (χ3n) is 7.48. The van der Waals surface area contributed by atoms with Crippen LogP contribution in [0.1, 0.15) is 58.6 Å². The van der Waals surface area contributed by atoms with E-state index in [1.807, 2.05) is 39.5 Å². The summed E-state index contributed by atoms with van der Waals surface area (Å²) in [5.74, 6) is -0.100. The molecule has 34 heavy (non-hydrogen) atoms. The lowest BCUT2D eigenvalue weighted by molar-refractivity contribution is -0.928. The van der Waals surface area contributed by atoms with Crippen molar-refractivity contribution >= 4 is 28.4 Å². The molecule has 2 aliphatic rings. The van der Waals surface area contributed by atoms with Crippen LogP contribution in [0.3, 0.4) is 0 Å². The third kappa shape index (κ3) is 4.65. The van der Waals surface area contributed by atoms with Crippen LogP contribution in [-0.2, 0) is 20.7 Å². The summed E-state index contributed by atoms with van der Waals surface area (Å²) in [4.78, 5) is 31.2. The molecule has 0 saturated carbocycles. The van der Waals surface area contributed by atoms with Crippen molar-refractivity contribution < 1.29 is 18.8 Å². The van der Waals surface area contributed by atoms with E-state index < -0.39 is 5.60 Å². The lowest BCUT2D eigenvalue weighted by atomic mass is 9.78. The van der Waals surface area contributed by atoms with Crippen molar-refractivity contribution in [3.8, 4) is 0 Å². The van der Waals surface area contributed by atoms with E-state index in [0.29, 0.717) is 6.42 Å². The minimum Gasteiger partial charge on any atom is -0.460 e. The third-order valence-corrected chi connectivity index (χ3v) is 7.48. The van der Waals surface area contributed by atoms with Crippen LogP contribution >= 0.6 is 0 Å². The monoisotopic (exact) mass is 466 g/mol. The van der Waals surface area contributed by atoms with E-state index in [1.165, 1.54) is 22.1 Å². The Hall–Kier alpha value is -2.60. The maximum absolute atomic E-state index is 13.5. The normalized spacial score (nSPS) is 23.9. The number of nitrogens with one attached hydrogen (secondary N) is 1. The quantitative estimate of drug-likeness (QED) is 0.481. The van der Waals surface area contributed by atoms with E-state index in [2.05, 4.69) is 42.5 Å². The number of fused-ring (bicyclic) bond motifs is 2. The van der Waals surface area contributed by atoms with E-state index >= 15 is 0 Å². The van der Waals surface area contributed by atoms with E-state index in [-0.39, 0.29) is 23.8 Å². The number of esters is 1. The van der Waals surface area contributed by atoms with Gasteiger partial charge in [-0.15, -0.1) is 0 Å².